The number of nitrogens with zero attached hydrogens (tertiary/aromatic N) is 2. The van der Waals surface area contributed by atoms with Crippen LogP contribution in [-0.4, -0.2) is 15.2 Å². The molecule has 0 aliphatic heterocycles. The van der Waals surface area contributed by atoms with Crippen LogP contribution in [0.5, 0.6) is 0 Å². The highest BCUT2D eigenvalue weighted by Crippen LogP contribution is 2.36. The molecule has 1 aliphatic rings. The van der Waals surface area contributed by atoms with Crippen LogP contribution in [0.3, 0.4) is 0 Å². The van der Waals surface area contributed by atoms with Crippen LogP contribution in [0.15, 0.2) is 29.6 Å². The molecule has 0 saturated heterocycles. The van der Waals surface area contributed by atoms with E-state index in [9.17, 15) is 0 Å². The maximum atomic E-state index is 4.46. The van der Waals surface area contributed by atoms with Crippen LogP contribution in [0.25, 0.3) is 10.9 Å². The van der Waals surface area contributed by atoms with Gasteiger partial charge in [0.15, 0.2) is 0 Å². The van der Waals surface area contributed by atoms with Crippen LogP contribution in [0.1, 0.15) is 31.2 Å². The van der Waals surface area contributed by atoms with Gasteiger partial charge in [0, 0.05) is 10.6 Å². The SMILES string of the molecule is Cc1ccc2ncnc(SC3CCCC3)c2c1. The fourth-order valence-corrected chi connectivity index (χ4v) is 3.69. The summed E-state index contributed by atoms with van der Waals surface area (Å²) in [5.41, 5.74) is 2.34. The van der Waals surface area contributed by atoms with Crippen molar-refractivity contribution in [1.82, 2.24) is 9.97 Å². The second-order valence-corrected chi connectivity index (χ2v) is 6.01. The van der Waals surface area contributed by atoms with Gasteiger partial charge in [-0.1, -0.05) is 24.5 Å². The molecule has 1 aliphatic carbocycles. The van der Waals surface area contributed by atoms with E-state index in [2.05, 4.69) is 35.1 Å². The number of aryl methyl sites for hydroxylation is 1. The summed E-state index contributed by atoms with van der Waals surface area (Å²) < 4.78 is 0. The minimum atomic E-state index is 0.758. The number of hydrogen-bond acceptors (Lipinski definition) is 3. The van der Waals surface area contributed by atoms with E-state index in [4.69, 9.17) is 0 Å². The molecule has 2 nitrogen and oxygen atoms in total. The first kappa shape index (κ1) is 11.0. The number of rotatable bonds is 2. The standard InChI is InChI=1S/C14H16N2S/c1-10-6-7-13-12(8-10)14(16-9-15-13)17-11-4-2-3-5-11/h6-9,11H,2-5H2,1H3. The molecular formula is C14H16N2S. The molecule has 0 unspecified atom stereocenters. The summed E-state index contributed by atoms with van der Waals surface area (Å²) in [6.45, 7) is 2.12. The van der Waals surface area contributed by atoms with Crippen molar-refractivity contribution in [3.63, 3.8) is 0 Å². The zero-order chi connectivity index (χ0) is 11.7. The van der Waals surface area contributed by atoms with Gasteiger partial charge in [0.1, 0.15) is 11.4 Å². The van der Waals surface area contributed by atoms with E-state index in [1.165, 1.54) is 36.6 Å². The van der Waals surface area contributed by atoms with Gasteiger partial charge in [-0.3, -0.25) is 0 Å². The molecule has 17 heavy (non-hydrogen) atoms. The van der Waals surface area contributed by atoms with E-state index >= 15 is 0 Å². The Bertz CT molecular complexity index is 533. The van der Waals surface area contributed by atoms with Gasteiger partial charge in [-0.15, -0.1) is 11.8 Å². The largest absolute Gasteiger partial charge is 0.236 e. The Morgan fingerprint density at radius 2 is 2.00 bits per heavy atom. The van der Waals surface area contributed by atoms with E-state index in [0.29, 0.717) is 0 Å². The summed E-state index contributed by atoms with van der Waals surface area (Å²) in [5.74, 6) is 0. The van der Waals surface area contributed by atoms with E-state index in [1.807, 2.05) is 11.8 Å². The number of benzene rings is 1. The summed E-state index contributed by atoms with van der Waals surface area (Å²) >= 11 is 1.94. The van der Waals surface area contributed by atoms with Gasteiger partial charge in [0.25, 0.3) is 0 Å². The van der Waals surface area contributed by atoms with Gasteiger partial charge in [0.2, 0.25) is 0 Å². The van der Waals surface area contributed by atoms with E-state index < -0.39 is 0 Å². The summed E-state index contributed by atoms with van der Waals surface area (Å²) in [5, 5.41) is 3.13. The first-order chi connectivity index (χ1) is 8.33. The highest BCUT2D eigenvalue weighted by Gasteiger charge is 2.18. The fraction of sp³-hybridized carbons (Fsp3) is 0.429. The van der Waals surface area contributed by atoms with Crippen molar-refractivity contribution >= 4 is 22.7 Å². The lowest BCUT2D eigenvalue weighted by Gasteiger charge is -2.10. The van der Waals surface area contributed by atoms with Crippen molar-refractivity contribution < 1.29 is 0 Å². The monoisotopic (exact) mass is 244 g/mol. The van der Waals surface area contributed by atoms with Crippen LogP contribution in [-0.2, 0) is 0 Å². The lowest BCUT2D eigenvalue weighted by molar-refractivity contribution is 0.886. The normalized spacial score (nSPS) is 16.8. The van der Waals surface area contributed by atoms with E-state index in [-0.39, 0.29) is 0 Å². The Hall–Kier alpha value is -1.09. The van der Waals surface area contributed by atoms with Crippen LogP contribution in [0, 0.1) is 6.92 Å². The quantitative estimate of drug-likeness (QED) is 0.747. The molecule has 1 fully saturated rings. The second-order valence-electron chi connectivity index (χ2n) is 4.72. The first-order valence-corrected chi connectivity index (χ1v) is 7.09. The lowest BCUT2D eigenvalue weighted by Crippen LogP contribution is -1.96. The molecule has 0 bridgehead atoms. The molecule has 0 atom stereocenters. The molecule has 88 valence electrons. The molecule has 2 aromatic rings. The van der Waals surface area contributed by atoms with Crippen molar-refractivity contribution in [2.45, 2.75) is 42.9 Å². The molecule has 1 saturated carbocycles. The molecule has 0 amide bonds. The number of thioether (sulfide) groups is 1. The summed E-state index contributed by atoms with van der Waals surface area (Å²) in [6.07, 6.45) is 7.11. The first-order valence-electron chi connectivity index (χ1n) is 6.21. The molecule has 3 heteroatoms. The zero-order valence-electron chi connectivity index (χ0n) is 10.0. The topological polar surface area (TPSA) is 25.8 Å². The maximum Gasteiger partial charge on any atom is 0.117 e. The third-order valence-corrected chi connectivity index (χ3v) is 4.69. The zero-order valence-corrected chi connectivity index (χ0v) is 10.8. The van der Waals surface area contributed by atoms with Crippen LogP contribution in [0.4, 0.5) is 0 Å². The minimum Gasteiger partial charge on any atom is -0.236 e. The smallest absolute Gasteiger partial charge is 0.117 e. The lowest BCUT2D eigenvalue weighted by atomic mass is 10.2. The Kier molecular flexibility index (Phi) is 3.02. The van der Waals surface area contributed by atoms with Crippen molar-refractivity contribution in [2.24, 2.45) is 0 Å². The molecule has 0 radical (unpaired) electrons. The predicted octanol–water partition coefficient (Wildman–Crippen LogP) is 3.97. The Morgan fingerprint density at radius 1 is 1.18 bits per heavy atom. The summed E-state index contributed by atoms with van der Waals surface area (Å²) in [6, 6.07) is 6.40. The van der Waals surface area contributed by atoms with Gasteiger partial charge in [0.05, 0.1) is 5.52 Å². The average molecular weight is 244 g/mol. The van der Waals surface area contributed by atoms with Crippen LogP contribution in [0.2, 0.25) is 0 Å². The molecule has 0 spiro atoms. The Morgan fingerprint density at radius 3 is 2.82 bits per heavy atom. The average Bonchev–Trinajstić information content (AvgIpc) is 2.83. The van der Waals surface area contributed by atoms with Gasteiger partial charge < -0.3 is 0 Å². The molecule has 1 aromatic carbocycles. The van der Waals surface area contributed by atoms with E-state index in [1.54, 1.807) is 6.33 Å². The van der Waals surface area contributed by atoms with Gasteiger partial charge in [-0.05, 0) is 31.9 Å². The van der Waals surface area contributed by atoms with Gasteiger partial charge >= 0.3 is 0 Å². The molecule has 0 N–H and O–H groups in total. The summed E-state index contributed by atoms with van der Waals surface area (Å²) in [7, 11) is 0. The number of hydrogen-bond donors (Lipinski definition) is 0. The minimum absolute atomic E-state index is 0.758. The summed E-state index contributed by atoms with van der Waals surface area (Å²) in [4.78, 5) is 8.80. The van der Waals surface area contributed by atoms with Gasteiger partial charge in [-0.2, -0.15) is 0 Å². The van der Waals surface area contributed by atoms with Crippen molar-refractivity contribution in [2.75, 3.05) is 0 Å². The molecule has 1 aromatic heterocycles. The molecule has 3 rings (SSSR count). The van der Waals surface area contributed by atoms with Crippen molar-refractivity contribution in [3.8, 4) is 0 Å². The third kappa shape index (κ3) is 2.29. The molecular weight excluding hydrogens is 228 g/mol. The third-order valence-electron chi connectivity index (χ3n) is 3.33. The Balaban J connectivity index is 1.99. The van der Waals surface area contributed by atoms with Crippen molar-refractivity contribution in [3.05, 3.63) is 30.1 Å². The maximum absolute atomic E-state index is 4.46. The van der Waals surface area contributed by atoms with E-state index in [0.717, 1.165) is 15.8 Å². The predicted molar refractivity (Wildman–Crippen MR) is 72.4 cm³/mol. The highest BCUT2D eigenvalue weighted by atomic mass is 32.2. The molecule has 1 heterocycles. The van der Waals surface area contributed by atoms with Crippen molar-refractivity contribution in [1.29, 1.82) is 0 Å². The van der Waals surface area contributed by atoms with Crippen LogP contribution >= 0.6 is 11.8 Å². The Labute approximate surface area is 106 Å². The highest BCUT2D eigenvalue weighted by molar-refractivity contribution is 8.00. The number of aromatic nitrogens is 2. The number of fused-ring (bicyclic) bond motifs is 1. The fourth-order valence-electron chi connectivity index (χ4n) is 2.40. The second kappa shape index (κ2) is 4.65. The van der Waals surface area contributed by atoms with Gasteiger partial charge in [-0.25, -0.2) is 9.97 Å². The van der Waals surface area contributed by atoms with Crippen LogP contribution < -0.4 is 0 Å².